The molecule has 2 aromatic heterocycles. The Kier molecular flexibility index (Phi) is 3.60. The van der Waals surface area contributed by atoms with E-state index in [1.54, 1.807) is 11.3 Å². The van der Waals surface area contributed by atoms with Crippen LogP contribution in [0.3, 0.4) is 0 Å². The number of carbonyl (C=O) groups is 1. The number of nitrogens with zero attached hydrogens (tertiary/aromatic N) is 2. The maximum atomic E-state index is 12.7. The molecular formula is C16H11BrN2OS2. The Morgan fingerprint density at radius 2 is 2.18 bits per heavy atom. The number of anilines is 1. The van der Waals surface area contributed by atoms with Crippen LogP contribution in [-0.4, -0.2) is 17.4 Å². The van der Waals surface area contributed by atoms with Gasteiger partial charge in [-0.25, -0.2) is 4.98 Å². The van der Waals surface area contributed by atoms with Crippen LogP contribution in [-0.2, 0) is 6.42 Å². The summed E-state index contributed by atoms with van der Waals surface area (Å²) in [5, 5.41) is 4.79. The van der Waals surface area contributed by atoms with Gasteiger partial charge in [0, 0.05) is 22.1 Å². The largest absolute Gasteiger partial charge is 0.306 e. The van der Waals surface area contributed by atoms with Crippen molar-refractivity contribution in [2.75, 3.05) is 11.4 Å². The van der Waals surface area contributed by atoms with Gasteiger partial charge in [0.1, 0.15) is 10.7 Å². The summed E-state index contributed by atoms with van der Waals surface area (Å²) in [7, 11) is 0. The highest BCUT2D eigenvalue weighted by Gasteiger charge is 2.27. The molecule has 4 rings (SSSR count). The molecule has 22 heavy (non-hydrogen) atoms. The van der Waals surface area contributed by atoms with Gasteiger partial charge in [0.25, 0.3) is 5.91 Å². The predicted octanol–water partition coefficient (Wildman–Crippen LogP) is 4.84. The third-order valence-electron chi connectivity index (χ3n) is 3.64. The van der Waals surface area contributed by atoms with Crippen LogP contribution < -0.4 is 4.90 Å². The summed E-state index contributed by atoms with van der Waals surface area (Å²) in [4.78, 5) is 20.2. The maximum absolute atomic E-state index is 12.7. The van der Waals surface area contributed by atoms with Crippen LogP contribution >= 0.6 is 38.6 Å². The molecule has 110 valence electrons. The van der Waals surface area contributed by atoms with Gasteiger partial charge in [-0.2, -0.15) is 0 Å². The normalized spacial score (nSPS) is 13.4. The van der Waals surface area contributed by atoms with Crippen LogP contribution in [0.1, 0.15) is 16.1 Å². The molecule has 0 atom stereocenters. The number of thiazole rings is 1. The van der Waals surface area contributed by atoms with Gasteiger partial charge < -0.3 is 4.90 Å². The van der Waals surface area contributed by atoms with Crippen molar-refractivity contribution in [1.82, 2.24) is 4.98 Å². The highest BCUT2D eigenvalue weighted by Crippen LogP contribution is 2.33. The van der Waals surface area contributed by atoms with E-state index in [0.717, 1.165) is 33.0 Å². The van der Waals surface area contributed by atoms with Crippen molar-refractivity contribution in [2.24, 2.45) is 0 Å². The van der Waals surface area contributed by atoms with Crippen LogP contribution in [0, 0.1) is 0 Å². The molecule has 3 aromatic rings. The fourth-order valence-electron chi connectivity index (χ4n) is 2.60. The molecule has 0 radical (unpaired) electrons. The zero-order chi connectivity index (χ0) is 15.1. The number of thiophene rings is 1. The lowest BCUT2D eigenvalue weighted by Gasteiger charge is -2.15. The Morgan fingerprint density at radius 3 is 3.00 bits per heavy atom. The minimum absolute atomic E-state index is 0.0138. The zero-order valence-corrected chi connectivity index (χ0v) is 14.7. The number of aromatic nitrogens is 1. The molecule has 3 nitrogen and oxygen atoms in total. The van der Waals surface area contributed by atoms with E-state index in [9.17, 15) is 4.79 Å². The fraction of sp³-hybridized carbons (Fsp3) is 0.125. The molecule has 0 aliphatic carbocycles. The van der Waals surface area contributed by atoms with Crippen LogP contribution in [0.5, 0.6) is 0 Å². The second kappa shape index (κ2) is 5.61. The van der Waals surface area contributed by atoms with E-state index in [1.165, 1.54) is 16.9 Å². The lowest BCUT2D eigenvalue weighted by Crippen LogP contribution is -2.29. The Bertz CT molecular complexity index is 842. The molecule has 3 heterocycles. The Hall–Kier alpha value is -1.50. The average molecular weight is 391 g/mol. The molecule has 0 saturated carbocycles. The van der Waals surface area contributed by atoms with E-state index >= 15 is 0 Å². The highest BCUT2D eigenvalue weighted by atomic mass is 79.9. The number of benzene rings is 1. The number of carbonyl (C=O) groups excluding carboxylic acids is 1. The molecule has 6 heteroatoms. The van der Waals surface area contributed by atoms with Crippen molar-refractivity contribution < 1.29 is 4.79 Å². The summed E-state index contributed by atoms with van der Waals surface area (Å²) >= 11 is 6.64. The summed E-state index contributed by atoms with van der Waals surface area (Å²) in [6.07, 6.45) is 0.891. The summed E-state index contributed by atoms with van der Waals surface area (Å²) in [6.45, 7) is 0.719. The molecule has 1 amide bonds. The maximum Gasteiger partial charge on any atom is 0.277 e. The third-order valence-corrected chi connectivity index (χ3v) is 6.01. The van der Waals surface area contributed by atoms with Crippen molar-refractivity contribution >= 4 is 50.2 Å². The lowest BCUT2D eigenvalue weighted by atomic mass is 10.2. The van der Waals surface area contributed by atoms with E-state index in [0.29, 0.717) is 5.69 Å². The van der Waals surface area contributed by atoms with Gasteiger partial charge in [-0.3, -0.25) is 4.79 Å². The summed E-state index contributed by atoms with van der Waals surface area (Å²) in [6, 6.07) is 10.1. The zero-order valence-electron chi connectivity index (χ0n) is 11.5. The van der Waals surface area contributed by atoms with Gasteiger partial charge in [-0.05, 0) is 41.6 Å². The van der Waals surface area contributed by atoms with Crippen LogP contribution in [0.25, 0.3) is 9.88 Å². The number of hydrogen-bond donors (Lipinski definition) is 0. The van der Waals surface area contributed by atoms with E-state index in [1.807, 2.05) is 39.9 Å². The molecule has 0 spiro atoms. The molecular weight excluding hydrogens is 380 g/mol. The quantitative estimate of drug-likeness (QED) is 0.627. The summed E-state index contributed by atoms with van der Waals surface area (Å²) in [5.74, 6) is -0.0138. The van der Waals surface area contributed by atoms with Crippen molar-refractivity contribution in [3.05, 3.63) is 56.8 Å². The van der Waals surface area contributed by atoms with Crippen LogP contribution in [0.15, 0.2) is 45.6 Å². The second-order valence-corrected chi connectivity index (χ2v) is 7.72. The lowest BCUT2D eigenvalue weighted by molar-refractivity contribution is 0.0985. The van der Waals surface area contributed by atoms with Gasteiger partial charge in [-0.15, -0.1) is 22.7 Å². The standard InChI is InChI=1S/C16H11BrN2OS2/c17-11-3-4-13-10(8-11)5-6-19(13)16(20)12-9-22-15(18-12)14-2-1-7-21-14/h1-4,7-9H,5-6H2. The van der Waals surface area contributed by atoms with Crippen LogP contribution in [0.2, 0.25) is 0 Å². The fourth-order valence-corrected chi connectivity index (χ4v) is 4.62. The van der Waals surface area contributed by atoms with E-state index in [-0.39, 0.29) is 5.91 Å². The number of fused-ring (bicyclic) bond motifs is 1. The van der Waals surface area contributed by atoms with Gasteiger partial charge >= 0.3 is 0 Å². The third kappa shape index (κ3) is 2.41. The highest BCUT2D eigenvalue weighted by molar-refractivity contribution is 9.10. The SMILES string of the molecule is O=C(c1csc(-c2cccs2)n1)N1CCc2cc(Br)ccc21. The molecule has 1 aliphatic rings. The Morgan fingerprint density at radius 1 is 1.27 bits per heavy atom. The topological polar surface area (TPSA) is 33.2 Å². The smallest absolute Gasteiger partial charge is 0.277 e. The number of halogens is 1. The first kappa shape index (κ1) is 14.1. The Labute approximate surface area is 144 Å². The van der Waals surface area contributed by atoms with Gasteiger partial charge in [0.05, 0.1) is 4.88 Å². The minimum Gasteiger partial charge on any atom is -0.306 e. The molecule has 0 bridgehead atoms. The monoisotopic (exact) mass is 390 g/mol. The number of amides is 1. The number of rotatable bonds is 2. The van der Waals surface area contributed by atoms with Crippen molar-refractivity contribution in [3.63, 3.8) is 0 Å². The molecule has 1 aromatic carbocycles. The van der Waals surface area contributed by atoms with Gasteiger partial charge in [0.15, 0.2) is 0 Å². The second-order valence-electron chi connectivity index (χ2n) is 5.00. The van der Waals surface area contributed by atoms with Crippen LogP contribution in [0.4, 0.5) is 5.69 Å². The molecule has 0 saturated heterocycles. The minimum atomic E-state index is -0.0138. The number of hydrogen-bond acceptors (Lipinski definition) is 4. The predicted molar refractivity (Wildman–Crippen MR) is 94.9 cm³/mol. The van der Waals surface area contributed by atoms with Crippen molar-refractivity contribution in [3.8, 4) is 9.88 Å². The first-order valence-electron chi connectivity index (χ1n) is 6.82. The molecule has 1 aliphatic heterocycles. The van der Waals surface area contributed by atoms with Gasteiger partial charge in [-0.1, -0.05) is 22.0 Å². The van der Waals surface area contributed by atoms with E-state index in [2.05, 4.69) is 27.0 Å². The first-order chi connectivity index (χ1) is 10.7. The molecule has 0 fully saturated rings. The van der Waals surface area contributed by atoms with E-state index in [4.69, 9.17) is 0 Å². The Balaban J connectivity index is 1.64. The van der Waals surface area contributed by atoms with Gasteiger partial charge in [0.2, 0.25) is 0 Å². The average Bonchev–Trinajstić information content (AvgIpc) is 3.25. The summed E-state index contributed by atoms with van der Waals surface area (Å²) < 4.78 is 1.05. The van der Waals surface area contributed by atoms with E-state index < -0.39 is 0 Å². The summed E-state index contributed by atoms with van der Waals surface area (Å²) in [5.41, 5.74) is 2.74. The molecule has 0 N–H and O–H groups in total. The molecule has 0 unspecified atom stereocenters. The first-order valence-corrected chi connectivity index (χ1v) is 9.37. The van der Waals surface area contributed by atoms with Crippen molar-refractivity contribution in [2.45, 2.75) is 6.42 Å². The van der Waals surface area contributed by atoms with Crippen molar-refractivity contribution in [1.29, 1.82) is 0 Å².